The van der Waals surface area contributed by atoms with Crippen molar-refractivity contribution in [2.45, 2.75) is 19.4 Å². The van der Waals surface area contributed by atoms with E-state index >= 15 is 0 Å². The second-order valence-electron chi connectivity index (χ2n) is 7.90. The number of methoxy groups -OCH3 is 1. The molecule has 4 heterocycles. The molecule has 0 bridgehead atoms. The highest BCUT2D eigenvalue weighted by atomic mass is 16.5. The van der Waals surface area contributed by atoms with E-state index in [1.165, 1.54) is 0 Å². The number of rotatable bonds is 5. The van der Waals surface area contributed by atoms with Crippen molar-refractivity contribution in [3.8, 4) is 5.75 Å². The van der Waals surface area contributed by atoms with E-state index in [1.807, 2.05) is 48.7 Å². The molecule has 0 saturated carbocycles. The van der Waals surface area contributed by atoms with E-state index in [0.29, 0.717) is 18.7 Å². The summed E-state index contributed by atoms with van der Waals surface area (Å²) < 4.78 is 7.31. The van der Waals surface area contributed by atoms with Crippen LogP contribution in [0.4, 0.5) is 5.82 Å². The fraction of sp³-hybridized carbons (Fsp3) is 0.292. The second kappa shape index (κ2) is 8.26. The van der Waals surface area contributed by atoms with Gasteiger partial charge in [-0.3, -0.25) is 4.79 Å². The van der Waals surface area contributed by atoms with Crippen LogP contribution in [0.2, 0.25) is 0 Å². The Labute approximate surface area is 180 Å². The normalized spacial score (nSPS) is 16.5. The Morgan fingerprint density at radius 1 is 1.16 bits per heavy atom. The molecule has 1 aliphatic heterocycles. The predicted molar refractivity (Wildman–Crippen MR) is 120 cm³/mol. The number of fused-ring (bicyclic) bond motifs is 3. The average molecular weight is 415 g/mol. The van der Waals surface area contributed by atoms with E-state index in [9.17, 15) is 4.79 Å². The minimum Gasteiger partial charge on any atom is -0.497 e. The molecule has 0 spiro atoms. The molecule has 3 aromatic heterocycles. The predicted octanol–water partition coefficient (Wildman–Crippen LogP) is 3.42. The Kier molecular flexibility index (Phi) is 5.16. The number of aromatic nitrogens is 3. The molecule has 7 heteroatoms. The maximum Gasteiger partial charge on any atom is 0.225 e. The Bertz CT molecular complexity index is 1220. The lowest BCUT2D eigenvalue weighted by Gasteiger charge is -2.33. The van der Waals surface area contributed by atoms with E-state index in [4.69, 9.17) is 9.72 Å². The summed E-state index contributed by atoms with van der Waals surface area (Å²) in [5.41, 5.74) is 3.79. The summed E-state index contributed by atoms with van der Waals surface area (Å²) in [6, 6.07) is 15.8. The van der Waals surface area contributed by atoms with Crippen molar-refractivity contribution in [3.05, 3.63) is 66.5 Å². The summed E-state index contributed by atoms with van der Waals surface area (Å²) in [4.78, 5) is 24.4. The minimum atomic E-state index is -0.0664. The lowest BCUT2D eigenvalue weighted by Crippen LogP contribution is -2.43. The van der Waals surface area contributed by atoms with Crippen molar-refractivity contribution in [1.29, 1.82) is 0 Å². The van der Waals surface area contributed by atoms with Gasteiger partial charge < -0.3 is 19.4 Å². The number of amides is 1. The molecular formula is C24H25N5O2. The van der Waals surface area contributed by atoms with Gasteiger partial charge in [-0.25, -0.2) is 9.97 Å². The highest BCUT2D eigenvalue weighted by molar-refractivity contribution is 5.84. The third-order valence-electron chi connectivity index (χ3n) is 5.93. The van der Waals surface area contributed by atoms with Crippen LogP contribution in [-0.4, -0.2) is 40.5 Å². The van der Waals surface area contributed by atoms with Crippen molar-refractivity contribution in [1.82, 2.24) is 19.7 Å². The molecule has 0 unspecified atom stereocenters. The molecular weight excluding hydrogens is 390 g/mol. The van der Waals surface area contributed by atoms with Gasteiger partial charge in [0.2, 0.25) is 5.91 Å². The number of anilines is 1. The van der Waals surface area contributed by atoms with Gasteiger partial charge in [-0.15, -0.1) is 0 Å². The molecule has 1 aliphatic rings. The maximum absolute atomic E-state index is 12.9. The Morgan fingerprint density at radius 2 is 2.00 bits per heavy atom. The van der Waals surface area contributed by atoms with Crippen LogP contribution in [0.5, 0.6) is 5.75 Å². The SMILES string of the molecule is COc1ccc(CNC(=O)[C@H]2CCCN(c3nc4ncccc4n4cccc34)C2)cc1. The van der Waals surface area contributed by atoms with Crippen LogP contribution in [0.15, 0.2) is 60.9 Å². The third-order valence-corrected chi connectivity index (χ3v) is 5.93. The first-order valence-electron chi connectivity index (χ1n) is 10.6. The standard InChI is InChI=1S/C24H25N5O2/c1-31-19-10-8-17(9-11-19)15-26-24(30)18-5-3-13-28(16-18)23-21-7-4-14-29(21)20-6-2-12-25-22(20)27-23/h2,4,6-12,14,18H,3,5,13,15-16H2,1H3,(H,26,30)/t18-/m0/s1. The van der Waals surface area contributed by atoms with Crippen LogP contribution < -0.4 is 15.0 Å². The number of nitrogens with zero attached hydrogens (tertiary/aromatic N) is 4. The number of pyridine rings is 1. The molecule has 31 heavy (non-hydrogen) atoms. The molecule has 1 amide bonds. The first-order valence-corrected chi connectivity index (χ1v) is 10.6. The summed E-state index contributed by atoms with van der Waals surface area (Å²) in [7, 11) is 1.65. The van der Waals surface area contributed by atoms with Crippen molar-refractivity contribution in [3.63, 3.8) is 0 Å². The molecule has 0 aliphatic carbocycles. The monoisotopic (exact) mass is 415 g/mol. The van der Waals surface area contributed by atoms with Crippen LogP contribution in [0.1, 0.15) is 18.4 Å². The Balaban J connectivity index is 1.33. The molecule has 1 aromatic carbocycles. The number of hydrogen-bond donors (Lipinski definition) is 1. The van der Waals surface area contributed by atoms with Gasteiger partial charge in [0.25, 0.3) is 0 Å². The largest absolute Gasteiger partial charge is 0.497 e. The topological polar surface area (TPSA) is 71.8 Å². The van der Waals surface area contributed by atoms with Crippen molar-refractivity contribution in [2.24, 2.45) is 5.92 Å². The highest BCUT2D eigenvalue weighted by Crippen LogP contribution is 2.28. The number of carbonyl (C=O) groups excluding carboxylic acids is 1. The summed E-state index contributed by atoms with van der Waals surface area (Å²) >= 11 is 0. The average Bonchev–Trinajstić information content (AvgIpc) is 3.33. The zero-order chi connectivity index (χ0) is 21.2. The van der Waals surface area contributed by atoms with Crippen LogP contribution in [-0.2, 0) is 11.3 Å². The van der Waals surface area contributed by atoms with Crippen molar-refractivity contribution < 1.29 is 9.53 Å². The molecule has 1 N–H and O–H groups in total. The lowest BCUT2D eigenvalue weighted by atomic mass is 9.97. The van der Waals surface area contributed by atoms with E-state index in [-0.39, 0.29) is 11.8 Å². The zero-order valence-electron chi connectivity index (χ0n) is 17.5. The molecule has 1 atom stereocenters. The van der Waals surface area contributed by atoms with Crippen LogP contribution in [0, 0.1) is 5.92 Å². The van der Waals surface area contributed by atoms with Gasteiger partial charge in [0.05, 0.1) is 24.1 Å². The first kappa shape index (κ1) is 19.4. The van der Waals surface area contributed by atoms with Crippen molar-refractivity contribution >= 4 is 28.4 Å². The van der Waals surface area contributed by atoms with Gasteiger partial charge in [0.1, 0.15) is 5.75 Å². The summed E-state index contributed by atoms with van der Waals surface area (Å²) in [6.07, 6.45) is 5.64. The molecule has 7 nitrogen and oxygen atoms in total. The number of hydrogen-bond acceptors (Lipinski definition) is 5. The van der Waals surface area contributed by atoms with Gasteiger partial charge >= 0.3 is 0 Å². The number of nitrogens with one attached hydrogen (secondary N) is 1. The smallest absolute Gasteiger partial charge is 0.225 e. The fourth-order valence-corrected chi connectivity index (χ4v) is 4.29. The van der Waals surface area contributed by atoms with Gasteiger partial charge in [-0.1, -0.05) is 12.1 Å². The summed E-state index contributed by atoms with van der Waals surface area (Å²) in [6.45, 7) is 2.05. The maximum atomic E-state index is 12.9. The third kappa shape index (κ3) is 3.79. The van der Waals surface area contributed by atoms with Crippen LogP contribution in [0.3, 0.4) is 0 Å². The van der Waals surface area contributed by atoms with E-state index in [1.54, 1.807) is 13.3 Å². The van der Waals surface area contributed by atoms with E-state index in [0.717, 1.165) is 47.6 Å². The molecule has 1 saturated heterocycles. The quantitative estimate of drug-likeness (QED) is 0.541. The summed E-state index contributed by atoms with van der Waals surface area (Å²) in [5.74, 6) is 1.73. The first-order chi connectivity index (χ1) is 15.2. The molecule has 158 valence electrons. The number of carbonyl (C=O) groups is 1. The van der Waals surface area contributed by atoms with Crippen LogP contribution >= 0.6 is 0 Å². The number of piperidine rings is 1. The lowest BCUT2D eigenvalue weighted by molar-refractivity contribution is -0.125. The van der Waals surface area contributed by atoms with Gasteiger partial charge in [0, 0.05) is 32.0 Å². The van der Waals surface area contributed by atoms with Gasteiger partial charge in [-0.2, -0.15) is 0 Å². The molecule has 1 fully saturated rings. The fourth-order valence-electron chi connectivity index (χ4n) is 4.29. The van der Waals surface area contributed by atoms with Gasteiger partial charge in [0.15, 0.2) is 11.5 Å². The van der Waals surface area contributed by atoms with Crippen molar-refractivity contribution in [2.75, 3.05) is 25.1 Å². The molecule has 5 rings (SSSR count). The molecule has 4 aromatic rings. The summed E-state index contributed by atoms with van der Waals surface area (Å²) in [5, 5.41) is 3.10. The minimum absolute atomic E-state index is 0.0664. The Hall–Kier alpha value is -3.61. The Morgan fingerprint density at radius 3 is 2.84 bits per heavy atom. The number of benzene rings is 1. The second-order valence-corrected chi connectivity index (χ2v) is 7.90. The van der Waals surface area contributed by atoms with Crippen LogP contribution in [0.25, 0.3) is 16.7 Å². The van der Waals surface area contributed by atoms with E-state index in [2.05, 4.69) is 25.7 Å². The highest BCUT2D eigenvalue weighted by Gasteiger charge is 2.28. The zero-order valence-corrected chi connectivity index (χ0v) is 17.5. The van der Waals surface area contributed by atoms with Gasteiger partial charge in [-0.05, 0) is 54.8 Å². The van der Waals surface area contributed by atoms with E-state index < -0.39 is 0 Å². The number of ether oxygens (including phenoxy) is 1. The molecule has 0 radical (unpaired) electrons.